The van der Waals surface area contributed by atoms with Crippen LogP contribution in [-0.2, 0) is 31.9 Å². The van der Waals surface area contributed by atoms with E-state index in [2.05, 4.69) is 29.4 Å². The predicted molar refractivity (Wildman–Crippen MR) is 116 cm³/mol. The number of aromatic nitrogens is 4. The average molecular weight is 412 g/mol. The highest BCUT2D eigenvalue weighted by molar-refractivity contribution is 5.77. The Hall–Kier alpha value is -3.16. The van der Waals surface area contributed by atoms with Crippen molar-refractivity contribution in [1.29, 1.82) is 0 Å². The zero-order valence-electron chi connectivity index (χ0n) is 18.2. The third-order valence-electron chi connectivity index (χ3n) is 5.36. The topological polar surface area (TPSA) is 90.9 Å². The van der Waals surface area contributed by atoms with Crippen LogP contribution in [0.2, 0.25) is 0 Å². The standard InChI is InChI=1S/C22H29N5O3/c1-6-7-15-8-10-16(11-9-15)18(14(2)3)24-17(28)12-27-21(29)19-20(23-13-25(19)4)26(5)22(27)30/h8-11,13-14,18H,6-7,12H2,1-5H3,(H,24,28). The number of rotatable bonds is 7. The third-order valence-corrected chi connectivity index (χ3v) is 5.36. The largest absolute Gasteiger partial charge is 0.347 e. The highest BCUT2D eigenvalue weighted by atomic mass is 16.2. The molecule has 2 aromatic heterocycles. The number of nitrogens with zero attached hydrogens (tertiary/aromatic N) is 4. The maximum Gasteiger partial charge on any atom is 0.332 e. The number of imidazole rings is 1. The van der Waals surface area contributed by atoms with Gasteiger partial charge in [0.2, 0.25) is 5.91 Å². The number of benzene rings is 1. The minimum Gasteiger partial charge on any atom is -0.347 e. The molecule has 0 radical (unpaired) electrons. The number of hydrogen-bond acceptors (Lipinski definition) is 4. The van der Waals surface area contributed by atoms with E-state index in [1.54, 1.807) is 18.7 Å². The molecule has 8 heteroatoms. The van der Waals surface area contributed by atoms with Gasteiger partial charge in [-0.15, -0.1) is 0 Å². The highest BCUT2D eigenvalue weighted by Gasteiger charge is 2.21. The summed E-state index contributed by atoms with van der Waals surface area (Å²) in [6.45, 7) is 5.85. The number of amides is 1. The van der Waals surface area contributed by atoms with E-state index in [0.717, 1.165) is 23.0 Å². The Kier molecular flexibility index (Phi) is 6.24. The predicted octanol–water partition coefficient (Wildman–Crippen LogP) is 1.90. The van der Waals surface area contributed by atoms with Gasteiger partial charge in [0.05, 0.1) is 12.4 Å². The van der Waals surface area contributed by atoms with E-state index in [1.165, 1.54) is 16.5 Å². The first-order chi connectivity index (χ1) is 14.2. The van der Waals surface area contributed by atoms with E-state index in [0.29, 0.717) is 5.65 Å². The molecule has 0 fully saturated rings. The van der Waals surface area contributed by atoms with Crippen molar-refractivity contribution in [2.24, 2.45) is 20.0 Å². The smallest absolute Gasteiger partial charge is 0.332 e. The molecule has 0 saturated carbocycles. The lowest BCUT2D eigenvalue weighted by Crippen LogP contribution is -2.44. The van der Waals surface area contributed by atoms with Crippen LogP contribution in [0.25, 0.3) is 11.2 Å². The third kappa shape index (κ3) is 4.08. The van der Waals surface area contributed by atoms with Crippen molar-refractivity contribution in [2.75, 3.05) is 0 Å². The first-order valence-electron chi connectivity index (χ1n) is 10.2. The number of aryl methyl sites for hydroxylation is 3. The van der Waals surface area contributed by atoms with Crippen LogP contribution in [0.1, 0.15) is 44.4 Å². The average Bonchev–Trinajstić information content (AvgIpc) is 3.10. The summed E-state index contributed by atoms with van der Waals surface area (Å²) in [4.78, 5) is 42.4. The second-order valence-electron chi connectivity index (χ2n) is 8.04. The van der Waals surface area contributed by atoms with Gasteiger partial charge in [0.25, 0.3) is 5.56 Å². The van der Waals surface area contributed by atoms with E-state index in [4.69, 9.17) is 0 Å². The van der Waals surface area contributed by atoms with Crippen LogP contribution in [0.5, 0.6) is 0 Å². The molecule has 2 heterocycles. The Morgan fingerprint density at radius 2 is 1.80 bits per heavy atom. The quantitative estimate of drug-likeness (QED) is 0.643. The molecule has 0 bridgehead atoms. The first kappa shape index (κ1) is 21.5. The van der Waals surface area contributed by atoms with Crippen LogP contribution in [0.4, 0.5) is 0 Å². The van der Waals surface area contributed by atoms with E-state index < -0.39 is 11.2 Å². The summed E-state index contributed by atoms with van der Waals surface area (Å²) in [5.41, 5.74) is 1.77. The molecule has 3 aromatic rings. The highest BCUT2D eigenvalue weighted by Crippen LogP contribution is 2.22. The number of nitrogens with one attached hydrogen (secondary N) is 1. The fourth-order valence-corrected chi connectivity index (χ4v) is 3.71. The van der Waals surface area contributed by atoms with Crippen molar-refractivity contribution in [3.05, 3.63) is 62.6 Å². The van der Waals surface area contributed by atoms with Crippen LogP contribution >= 0.6 is 0 Å². The van der Waals surface area contributed by atoms with E-state index in [1.807, 2.05) is 26.0 Å². The molecule has 30 heavy (non-hydrogen) atoms. The van der Waals surface area contributed by atoms with E-state index in [-0.39, 0.29) is 29.9 Å². The number of fused-ring (bicyclic) bond motifs is 1. The van der Waals surface area contributed by atoms with Gasteiger partial charge < -0.3 is 9.88 Å². The van der Waals surface area contributed by atoms with Crippen molar-refractivity contribution in [3.8, 4) is 0 Å². The summed E-state index contributed by atoms with van der Waals surface area (Å²) < 4.78 is 3.80. The molecule has 0 aliphatic heterocycles. The molecule has 1 atom stereocenters. The number of carbonyl (C=O) groups excluding carboxylic acids is 1. The van der Waals surface area contributed by atoms with Crippen LogP contribution in [-0.4, -0.2) is 24.6 Å². The Morgan fingerprint density at radius 1 is 1.13 bits per heavy atom. The van der Waals surface area contributed by atoms with Crippen LogP contribution in [0, 0.1) is 5.92 Å². The first-order valence-corrected chi connectivity index (χ1v) is 10.2. The van der Waals surface area contributed by atoms with E-state index >= 15 is 0 Å². The molecule has 1 unspecified atom stereocenters. The second kappa shape index (κ2) is 8.69. The van der Waals surface area contributed by atoms with Crippen molar-refractivity contribution >= 4 is 17.1 Å². The van der Waals surface area contributed by atoms with Gasteiger partial charge in [0, 0.05) is 14.1 Å². The SMILES string of the molecule is CCCc1ccc(C(NC(=O)Cn2c(=O)c3c(ncn3C)n(C)c2=O)C(C)C)cc1. The Labute approximate surface area is 175 Å². The molecule has 8 nitrogen and oxygen atoms in total. The van der Waals surface area contributed by atoms with E-state index in [9.17, 15) is 14.4 Å². The molecule has 1 N–H and O–H groups in total. The second-order valence-corrected chi connectivity index (χ2v) is 8.04. The lowest BCUT2D eigenvalue weighted by Gasteiger charge is -2.23. The van der Waals surface area contributed by atoms with Crippen molar-refractivity contribution < 1.29 is 4.79 Å². The maximum atomic E-state index is 12.8. The molecule has 160 valence electrons. The summed E-state index contributed by atoms with van der Waals surface area (Å²) in [7, 11) is 3.23. The minimum atomic E-state index is -0.564. The lowest BCUT2D eigenvalue weighted by atomic mass is 9.94. The maximum absolute atomic E-state index is 12.8. The molecule has 0 aliphatic carbocycles. The van der Waals surface area contributed by atoms with Gasteiger partial charge in [-0.2, -0.15) is 0 Å². The van der Waals surface area contributed by atoms with Crippen LogP contribution in [0.3, 0.4) is 0 Å². The lowest BCUT2D eigenvalue weighted by molar-refractivity contribution is -0.122. The van der Waals surface area contributed by atoms with Gasteiger partial charge in [-0.3, -0.25) is 14.2 Å². The number of hydrogen-bond donors (Lipinski definition) is 1. The van der Waals surface area contributed by atoms with Crippen molar-refractivity contribution in [3.63, 3.8) is 0 Å². The van der Waals surface area contributed by atoms with Gasteiger partial charge in [-0.1, -0.05) is 51.5 Å². The summed E-state index contributed by atoms with van der Waals surface area (Å²) in [5, 5.41) is 2.99. The number of carbonyl (C=O) groups is 1. The van der Waals surface area contributed by atoms with Gasteiger partial charge in [0.1, 0.15) is 6.54 Å². The molecule has 3 rings (SSSR count). The molecular formula is C22H29N5O3. The minimum absolute atomic E-state index is 0.144. The molecular weight excluding hydrogens is 382 g/mol. The van der Waals surface area contributed by atoms with Crippen molar-refractivity contribution in [1.82, 2.24) is 24.0 Å². The molecule has 1 amide bonds. The summed E-state index contributed by atoms with van der Waals surface area (Å²) >= 11 is 0. The summed E-state index contributed by atoms with van der Waals surface area (Å²) in [5.74, 6) is -0.239. The molecule has 0 aliphatic rings. The van der Waals surface area contributed by atoms with Gasteiger partial charge in [-0.05, 0) is 23.5 Å². The monoisotopic (exact) mass is 411 g/mol. The zero-order chi connectivity index (χ0) is 22.0. The van der Waals surface area contributed by atoms with Crippen LogP contribution < -0.4 is 16.6 Å². The Morgan fingerprint density at radius 3 is 2.40 bits per heavy atom. The van der Waals surface area contributed by atoms with Crippen LogP contribution in [0.15, 0.2) is 40.2 Å². The Balaban J connectivity index is 1.87. The fourth-order valence-electron chi connectivity index (χ4n) is 3.71. The summed E-state index contributed by atoms with van der Waals surface area (Å²) in [6, 6.07) is 8.01. The fraction of sp³-hybridized carbons (Fsp3) is 0.455. The Bertz CT molecular complexity index is 1170. The molecule has 0 spiro atoms. The summed E-state index contributed by atoms with van der Waals surface area (Å²) in [6.07, 6.45) is 3.57. The van der Waals surface area contributed by atoms with Gasteiger partial charge >= 0.3 is 5.69 Å². The molecule has 0 saturated heterocycles. The molecule has 1 aromatic carbocycles. The van der Waals surface area contributed by atoms with Crippen molar-refractivity contribution in [2.45, 2.75) is 46.2 Å². The van der Waals surface area contributed by atoms with Gasteiger partial charge in [0.15, 0.2) is 11.2 Å². The zero-order valence-corrected chi connectivity index (χ0v) is 18.2. The van der Waals surface area contributed by atoms with Gasteiger partial charge in [-0.25, -0.2) is 14.3 Å². The normalized spacial score (nSPS) is 12.5.